The molecule has 0 spiro atoms. The number of nitrogens with one attached hydrogen (secondary N) is 3. The Bertz CT molecular complexity index is 504. The van der Waals surface area contributed by atoms with E-state index in [4.69, 9.17) is 10.8 Å². The van der Waals surface area contributed by atoms with Gasteiger partial charge in [-0.15, -0.1) is 0 Å². The lowest BCUT2D eigenvalue weighted by molar-refractivity contribution is -0.141. The van der Waals surface area contributed by atoms with Crippen molar-refractivity contribution in [2.45, 2.75) is 44.9 Å². The van der Waals surface area contributed by atoms with Crippen molar-refractivity contribution in [3.05, 3.63) is 0 Å². The Hall–Kier alpha value is -1.46. The summed E-state index contributed by atoms with van der Waals surface area (Å²) >= 11 is 7.77. The fourth-order valence-electron chi connectivity index (χ4n) is 1.73. The number of carboxylic acids is 1. The van der Waals surface area contributed by atoms with E-state index >= 15 is 0 Å². The molecule has 0 radical (unpaired) electrons. The fourth-order valence-corrected chi connectivity index (χ4v) is 2.14. The molecule has 3 amide bonds. The second-order valence-electron chi connectivity index (χ2n) is 5.83. The van der Waals surface area contributed by atoms with Gasteiger partial charge in [-0.25, -0.2) is 4.79 Å². The molecule has 0 aliphatic carbocycles. The smallest absolute Gasteiger partial charge is 0.327 e. The predicted octanol–water partition coefficient (Wildman–Crippen LogP) is -1.61. The quantitative estimate of drug-likeness (QED) is 0.222. The number of aliphatic carboxylic acids is 1. The van der Waals surface area contributed by atoms with Crippen molar-refractivity contribution in [1.82, 2.24) is 16.0 Å². The lowest BCUT2D eigenvalue weighted by Gasteiger charge is -2.25. The second kappa shape index (κ2) is 11.2. The minimum Gasteiger partial charge on any atom is -0.480 e. The summed E-state index contributed by atoms with van der Waals surface area (Å²) in [6.07, 6.45) is 0. The summed E-state index contributed by atoms with van der Waals surface area (Å²) in [5, 5.41) is 16.2. The fraction of sp³-hybridized carbons (Fsp3) is 0.714. The van der Waals surface area contributed by atoms with Gasteiger partial charge in [-0.3, -0.25) is 14.4 Å². The van der Waals surface area contributed by atoms with Crippen LogP contribution in [-0.2, 0) is 19.2 Å². The highest BCUT2D eigenvalue weighted by Crippen LogP contribution is 2.04. The second-order valence-corrected chi connectivity index (χ2v) is 6.56. The number of hydrogen-bond acceptors (Lipinski definition) is 7. The largest absolute Gasteiger partial charge is 0.480 e. The molecule has 0 aromatic rings. The Labute approximate surface area is 157 Å². The number of hydrogen-bond donors (Lipinski definition) is 7. The Morgan fingerprint density at radius 1 is 0.920 bits per heavy atom. The number of carbonyl (C=O) groups is 4. The molecule has 11 heteroatoms. The van der Waals surface area contributed by atoms with E-state index in [9.17, 15) is 19.2 Å². The maximum Gasteiger partial charge on any atom is 0.327 e. The van der Waals surface area contributed by atoms with Gasteiger partial charge in [-0.05, 0) is 12.8 Å². The molecule has 0 aliphatic heterocycles. The van der Waals surface area contributed by atoms with Crippen LogP contribution in [0.4, 0.5) is 0 Å². The number of rotatable bonds is 10. The van der Waals surface area contributed by atoms with Crippen molar-refractivity contribution >= 4 is 48.9 Å². The van der Waals surface area contributed by atoms with Gasteiger partial charge in [0.2, 0.25) is 17.7 Å². The van der Waals surface area contributed by atoms with Crippen LogP contribution in [0.2, 0.25) is 0 Å². The number of nitrogens with two attached hydrogens (primary N) is 1. The summed E-state index contributed by atoms with van der Waals surface area (Å²) in [4.78, 5) is 47.1. The van der Waals surface area contributed by atoms with Crippen LogP contribution in [0.15, 0.2) is 0 Å². The van der Waals surface area contributed by atoms with E-state index < -0.39 is 47.9 Å². The van der Waals surface area contributed by atoms with E-state index in [0.717, 1.165) is 0 Å². The minimum atomic E-state index is -1.22. The molecule has 0 aliphatic rings. The summed E-state index contributed by atoms with van der Waals surface area (Å²) in [6.45, 7) is 4.84. The summed E-state index contributed by atoms with van der Waals surface area (Å²) < 4.78 is 0. The van der Waals surface area contributed by atoms with Crippen molar-refractivity contribution in [2.24, 2.45) is 11.7 Å². The molecule has 25 heavy (non-hydrogen) atoms. The van der Waals surface area contributed by atoms with Crippen LogP contribution in [0.3, 0.4) is 0 Å². The first-order valence-electron chi connectivity index (χ1n) is 7.66. The van der Waals surface area contributed by atoms with Gasteiger partial charge < -0.3 is 26.8 Å². The Morgan fingerprint density at radius 3 is 1.88 bits per heavy atom. The van der Waals surface area contributed by atoms with E-state index in [1.165, 1.54) is 6.92 Å². The maximum atomic E-state index is 12.3. The molecule has 0 fully saturated rings. The highest BCUT2D eigenvalue weighted by molar-refractivity contribution is 7.80. The Morgan fingerprint density at radius 2 is 1.48 bits per heavy atom. The van der Waals surface area contributed by atoms with E-state index in [1.807, 2.05) is 0 Å². The van der Waals surface area contributed by atoms with Gasteiger partial charge in [-0.2, -0.15) is 25.3 Å². The van der Waals surface area contributed by atoms with Gasteiger partial charge in [0.1, 0.15) is 18.1 Å². The van der Waals surface area contributed by atoms with Crippen molar-refractivity contribution in [1.29, 1.82) is 0 Å². The molecular weight excluding hydrogens is 368 g/mol. The van der Waals surface area contributed by atoms with E-state index in [1.54, 1.807) is 13.8 Å². The van der Waals surface area contributed by atoms with Crippen molar-refractivity contribution in [2.75, 3.05) is 11.5 Å². The lowest BCUT2D eigenvalue weighted by atomic mass is 10.0. The van der Waals surface area contributed by atoms with Gasteiger partial charge in [0, 0.05) is 11.5 Å². The molecule has 0 aromatic heterocycles. The average Bonchev–Trinajstić information content (AvgIpc) is 2.55. The lowest BCUT2D eigenvalue weighted by Crippen LogP contribution is -2.58. The zero-order valence-corrected chi connectivity index (χ0v) is 16.1. The van der Waals surface area contributed by atoms with Crippen LogP contribution >= 0.6 is 25.3 Å². The number of amides is 3. The first-order chi connectivity index (χ1) is 11.5. The first-order valence-corrected chi connectivity index (χ1v) is 8.92. The van der Waals surface area contributed by atoms with Gasteiger partial charge >= 0.3 is 5.97 Å². The van der Waals surface area contributed by atoms with Crippen molar-refractivity contribution in [3.8, 4) is 0 Å². The average molecular weight is 395 g/mol. The summed E-state index contributed by atoms with van der Waals surface area (Å²) in [7, 11) is 0. The van der Waals surface area contributed by atoms with Crippen LogP contribution in [0.1, 0.15) is 20.8 Å². The zero-order chi connectivity index (χ0) is 19.7. The van der Waals surface area contributed by atoms with Crippen LogP contribution < -0.4 is 21.7 Å². The first kappa shape index (κ1) is 23.5. The standard InChI is InChI=1S/C14H26N4O5S2/c1-6(2)10(13(21)17-9(5-25)14(22)23)18-11(19)7(3)16-12(20)8(15)4-24/h6-10,24-25H,4-5,15H2,1-3H3,(H,16,20)(H,17,21)(H,18,19)(H,22,23). The van der Waals surface area contributed by atoms with Crippen LogP contribution in [0, 0.1) is 5.92 Å². The molecule has 4 atom stereocenters. The molecule has 0 rings (SSSR count). The maximum absolute atomic E-state index is 12.3. The summed E-state index contributed by atoms with van der Waals surface area (Å²) in [6, 6.07) is -3.91. The van der Waals surface area contributed by atoms with Crippen LogP contribution in [0.5, 0.6) is 0 Å². The number of thiol groups is 2. The molecule has 9 nitrogen and oxygen atoms in total. The highest BCUT2D eigenvalue weighted by Gasteiger charge is 2.30. The number of carbonyl (C=O) groups excluding carboxylic acids is 3. The molecule has 0 saturated carbocycles. The van der Waals surface area contributed by atoms with Crippen molar-refractivity contribution in [3.63, 3.8) is 0 Å². The van der Waals surface area contributed by atoms with E-state index in [2.05, 4.69) is 41.2 Å². The highest BCUT2D eigenvalue weighted by atomic mass is 32.1. The van der Waals surface area contributed by atoms with E-state index in [-0.39, 0.29) is 17.4 Å². The molecule has 144 valence electrons. The molecule has 0 saturated heterocycles. The molecule has 0 bridgehead atoms. The van der Waals surface area contributed by atoms with Crippen molar-refractivity contribution < 1.29 is 24.3 Å². The predicted molar refractivity (Wildman–Crippen MR) is 99.6 cm³/mol. The molecule has 6 N–H and O–H groups in total. The minimum absolute atomic E-state index is 0.0894. The molecule has 0 aromatic carbocycles. The van der Waals surface area contributed by atoms with Crippen LogP contribution in [-0.4, -0.2) is 64.5 Å². The normalized spacial score (nSPS) is 15.6. The van der Waals surface area contributed by atoms with Gasteiger partial charge in [0.25, 0.3) is 0 Å². The Kier molecular flexibility index (Phi) is 10.6. The third-order valence-corrected chi connectivity index (χ3v) is 4.09. The molecule has 4 unspecified atom stereocenters. The zero-order valence-electron chi connectivity index (χ0n) is 14.4. The molecule has 0 heterocycles. The van der Waals surface area contributed by atoms with Gasteiger partial charge in [0.05, 0.1) is 6.04 Å². The van der Waals surface area contributed by atoms with Gasteiger partial charge in [-0.1, -0.05) is 13.8 Å². The number of carboxylic acid groups (broad SMARTS) is 1. The van der Waals surface area contributed by atoms with Gasteiger partial charge in [0.15, 0.2) is 0 Å². The third kappa shape index (κ3) is 7.97. The SMILES string of the molecule is CC(NC(=O)C(N)CS)C(=O)NC(C(=O)NC(CS)C(=O)O)C(C)C. The molecular formula is C14H26N4O5S2. The van der Waals surface area contributed by atoms with E-state index in [0.29, 0.717) is 0 Å². The Balaban J connectivity index is 4.90. The third-order valence-electron chi connectivity index (χ3n) is 3.33. The van der Waals surface area contributed by atoms with Crippen LogP contribution in [0.25, 0.3) is 0 Å². The topological polar surface area (TPSA) is 151 Å². The summed E-state index contributed by atoms with van der Waals surface area (Å²) in [5.74, 6) is -3.27. The summed E-state index contributed by atoms with van der Waals surface area (Å²) in [5.41, 5.74) is 5.51. The monoisotopic (exact) mass is 394 g/mol.